The minimum Gasteiger partial charge on any atom is -0.481 e. The summed E-state index contributed by atoms with van der Waals surface area (Å²) in [6.45, 7) is 1.42. The number of benzene rings is 1. The lowest BCUT2D eigenvalue weighted by atomic mass is 9.77. The lowest BCUT2D eigenvalue weighted by Gasteiger charge is -2.34. The van der Waals surface area contributed by atoms with Gasteiger partial charge < -0.3 is 14.7 Å². The lowest BCUT2D eigenvalue weighted by molar-refractivity contribution is -0.148. The van der Waals surface area contributed by atoms with Gasteiger partial charge in [0, 0.05) is 19.5 Å². The molecule has 25 heavy (non-hydrogen) atoms. The molecule has 3 rings (SSSR count). The van der Waals surface area contributed by atoms with Crippen molar-refractivity contribution in [2.75, 3.05) is 19.7 Å². The number of amides is 1. The Morgan fingerprint density at radius 3 is 2.48 bits per heavy atom. The summed E-state index contributed by atoms with van der Waals surface area (Å²) in [7, 11) is 0. The Kier molecular flexibility index (Phi) is 6.08. The molecule has 2 aliphatic rings. The molecule has 1 aromatic carbocycles. The van der Waals surface area contributed by atoms with Gasteiger partial charge in [0.1, 0.15) is 0 Å². The van der Waals surface area contributed by atoms with E-state index in [4.69, 9.17) is 9.84 Å². The van der Waals surface area contributed by atoms with Gasteiger partial charge in [-0.3, -0.25) is 9.59 Å². The van der Waals surface area contributed by atoms with Crippen LogP contribution in [0.1, 0.15) is 50.0 Å². The maximum absolute atomic E-state index is 12.6. The largest absolute Gasteiger partial charge is 0.481 e. The Morgan fingerprint density at radius 2 is 1.80 bits per heavy atom. The van der Waals surface area contributed by atoms with Crippen molar-refractivity contribution in [3.8, 4) is 0 Å². The SMILES string of the molecule is O=C(O)CC1CN(C(=O)CC2CCC(c3ccccc3)CC2)CCO1. The zero-order valence-corrected chi connectivity index (χ0v) is 14.6. The van der Waals surface area contributed by atoms with E-state index in [1.54, 1.807) is 4.90 Å². The third-order valence-corrected chi connectivity index (χ3v) is 5.47. The molecule has 5 heteroatoms. The molecule has 1 unspecified atom stereocenters. The molecule has 1 N–H and O–H groups in total. The number of morpholine rings is 1. The second kappa shape index (κ2) is 8.48. The summed E-state index contributed by atoms with van der Waals surface area (Å²) in [4.78, 5) is 25.2. The molecule has 0 radical (unpaired) electrons. The predicted octanol–water partition coefficient (Wildman–Crippen LogP) is 3.05. The maximum atomic E-state index is 12.6. The number of hydrogen-bond acceptors (Lipinski definition) is 3. The van der Waals surface area contributed by atoms with E-state index in [2.05, 4.69) is 24.3 Å². The van der Waals surface area contributed by atoms with E-state index in [1.807, 2.05) is 6.07 Å². The Balaban J connectivity index is 1.45. The van der Waals surface area contributed by atoms with Gasteiger partial charge in [0.15, 0.2) is 0 Å². The first kappa shape index (κ1) is 17.9. The summed E-state index contributed by atoms with van der Waals surface area (Å²) in [5.41, 5.74) is 1.41. The number of carbonyl (C=O) groups is 2. The Labute approximate surface area is 149 Å². The number of carboxylic acid groups (broad SMARTS) is 1. The summed E-state index contributed by atoms with van der Waals surface area (Å²) >= 11 is 0. The van der Waals surface area contributed by atoms with Gasteiger partial charge in [-0.05, 0) is 43.1 Å². The highest BCUT2D eigenvalue weighted by Crippen LogP contribution is 2.37. The quantitative estimate of drug-likeness (QED) is 0.891. The van der Waals surface area contributed by atoms with Gasteiger partial charge in [-0.15, -0.1) is 0 Å². The van der Waals surface area contributed by atoms with E-state index in [9.17, 15) is 9.59 Å². The molecule has 5 nitrogen and oxygen atoms in total. The van der Waals surface area contributed by atoms with Gasteiger partial charge >= 0.3 is 5.97 Å². The summed E-state index contributed by atoms with van der Waals surface area (Å²) in [5, 5.41) is 8.89. The second-order valence-corrected chi connectivity index (χ2v) is 7.26. The number of ether oxygens (including phenoxy) is 1. The third kappa shape index (κ3) is 5.05. The van der Waals surface area contributed by atoms with Crippen LogP contribution >= 0.6 is 0 Å². The Bertz CT molecular complexity index is 581. The maximum Gasteiger partial charge on any atom is 0.306 e. The molecule has 1 aliphatic carbocycles. The molecule has 2 fully saturated rings. The fourth-order valence-corrected chi connectivity index (χ4v) is 4.07. The van der Waals surface area contributed by atoms with E-state index in [0.717, 1.165) is 25.7 Å². The molecular weight excluding hydrogens is 318 g/mol. The van der Waals surface area contributed by atoms with E-state index in [-0.39, 0.29) is 18.4 Å². The molecule has 0 aromatic heterocycles. The normalized spacial score (nSPS) is 27.0. The summed E-state index contributed by atoms with van der Waals surface area (Å²) in [6, 6.07) is 10.6. The average molecular weight is 345 g/mol. The molecular formula is C20H27NO4. The minimum atomic E-state index is -0.876. The smallest absolute Gasteiger partial charge is 0.306 e. The number of nitrogens with zero attached hydrogens (tertiary/aromatic N) is 1. The monoisotopic (exact) mass is 345 g/mol. The fraction of sp³-hybridized carbons (Fsp3) is 0.600. The first-order chi connectivity index (χ1) is 12.1. The van der Waals surface area contributed by atoms with Gasteiger partial charge in [0.2, 0.25) is 5.91 Å². The van der Waals surface area contributed by atoms with Crippen LogP contribution in [0, 0.1) is 5.92 Å². The van der Waals surface area contributed by atoms with Crippen molar-refractivity contribution in [2.45, 2.75) is 50.5 Å². The van der Waals surface area contributed by atoms with Crippen molar-refractivity contribution in [3.63, 3.8) is 0 Å². The number of hydrogen-bond donors (Lipinski definition) is 1. The van der Waals surface area contributed by atoms with E-state index < -0.39 is 5.97 Å². The van der Waals surface area contributed by atoms with Gasteiger partial charge in [-0.1, -0.05) is 30.3 Å². The predicted molar refractivity (Wildman–Crippen MR) is 94.3 cm³/mol. The van der Waals surface area contributed by atoms with Crippen LogP contribution < -0.4 is 0 Å². The molecule has 1 atom stereocenters. The number of carbonyl (C=O) groups excluding carboxylic acids is 1. The van der Waals surface area contributed by atoms with E-state index in [1.165, 1.54) is 5.56 Å². The van der Waals surface area contributed by atoms with Crippen molar-refractivity contribution in [2.24, 2.45) is 5.92 Å². The number of carboxylic acids is 1. The van der Waals surface area contributed by atoms with Crippen molar-refractivity contribution >= 4 is 11.9 Å². The number of rotatable bonds is 5. The van der Waals surface area contributed by atoms with Gasteiger partial charge in [-0.25, -0.2) is 0 Å². The molecule has 136 valence electrons. The number of aliphatic carboxylic acids is 1. The average Bonchev–Trinajstić information content (AvgIpc) is 2.63. The third-order valence-electron chi connectivity index (χ3n) is 5.47. The topological polar surface area (TPSA) is 66.8 Å². The summed E-state index contributed by atoms with van der Waals surface area (Å²) < 4.78 is 5.45. The molecule has 1 heterocycles. The van der Waals surface area contributed by atoms with Crippen LogP contribution in [0.25, 0.3) is 0 Å². The van der Waals surface area contributed by atoms with Crippen molar-refractivity contribution in [3.05, 3.63) is 35.9 Å². The Hall–Kier alpha value is -1.88. The van der Waals surface area contributed by atoms with Crippen LogP contribution in [0.2, 0.25) is 0 Å². The van der Waals surface area contributed by atoms with Crippen LogP contribution in [0.5, 0.6) is 0 Å². The van der Waals surface area contributed by atoms with Crippen LogP contribution in [0.3, 0.4) is 0 Å². The van der Waals surface area contributed by atoms with Crippen molar-refractivity contribution in [1.82, 2.24) is 4.90 Å². The highest BCUT2D eigenvalue weighted by molar-refractivity contribution is 5.76. The standard InChI is InChI=1S/C20H27NO4/c22-19(21-10-11-25-18(14-21)13-20(23)24)12-15-6-8-17(9-7-15)16-4-2-1-3-5-16/h1-5,15,17-18H,6-14H2,(H,23,24). The van der Waals surface area contributed by atoms with Crippen LogP contribution in [-0.2, 0) is 14.3 Å². The summed E-state index contributed by atoms with van der Waals surface area (Å²) in [5.74, 6) is 0.351. The Morgan fingerprint density at radius 1 is 1.08 bits per heavy atom. The minimum absolute atomic E-state index is 0.0357. The van der Waals surface area contributed by atoms with Crippen molar-refractivity contribution in [1.29, 1.82) is 0 Å². The van der Waals surface area contributed by atoms with E-state index in [0.29, 0.717) is 38.0 Å². The van der Waals surface area contributed by atoms with Crippen LogP contribution in [0.4, 0.5) is 0 Å². The zero-order valence-electron chi connectivity index (χ0n) is 14.6. The second-order valence-electron chi connectivity index (χ2n) is 7.26. The zero-order chi connectivity index (χ0) is 17.6. The van der Waals surface area contributed by atoms with E-state index >= 15 is 0 Å². The summed E-state index contributed by atoms with van der Waals surface area (Å²) in [6.07, 6.45) is 4.65. The van der Waals surface area contributed by atoms with Crippen LogP contribution in [-0.4, -0.2) is 47.7 Å². The van der Waals surface area contributed by atoms with Crippen LogP contribution in [0.15, 0.2) is 30.3 Å². The fourth-order valence-electron chi connectivity index (χ4n) is 4.07. The highest BCUT2D eigenvalue weighted by atomic mass is 16.5. The first-order valence-corrected chi connectivity index (χ1v) is 9.28. The molecule has 1 aromatic rings. The van der Waals surface area contributed by atoms with Gasteiger partial charge in [0.25, 0.3) is 0 Å². The van der Waals surface area contributed by atoms with Gasteiger partial charge in [-0.2, -0.15) is 0 Å². The molecule has 1 aliphatic heterocycles. The van der Waals surface area contributed by atoms with Crippen molar-refractivity contribution < 1.29 is 19.4 Å². The lowest BCUT2D eigenvalue weighted by Crippen LogP contribution is -2.46. The highest BCUT2D eigenvalue weighted by Gasteiger charge is 2.29. The molecule has 1 saturated heterocycles. The first-order valence-electron chi connectivity index (χ1n) is 9.28. The molecule has 1 amide bonds. The molecule has 0 spiro atoms. The molecule has 0 bridgehead atoms. The molecule has 1 saturated carbocycles. The van der Waals surface area contributed by atoms with Gasteiger partial charge in [0.05, 0.1) is 19.1 Å².